The lowest BCUT2D eigenvalue weighted by atomic mass is 9.89. The van der Waals surface area contributed by atoms with Gasteiger partial charge in [-0.1, -0.05) is 42.5 Å². The third-order valence-electron chi connectivity index (χ3n) is 5.44. The Morgan fingerprint density at radius 1 is 1.19 bits per heavy atom. The first kappa shape index (κ1) is 17.5. The molecule has 1 spiro atoms. The molecule has 2 aromatic rings. The van der Waals surface area contributed by atoms with Crippen molar-refractivity contribution in [1.29, 1.82) is 0 Å². The number of rotatable bonds is 3. The van der Waals surface area contributed by atoms with Crippen molar-refractivity contribution in [1.82, 2.24) is 5.32 Å². The van der Waals surface area contributed by atoms with E-state index in [-0.39, 0.29) is 23.5 Å². The van der Waals surface area contributed by atoms with Crippen LogP contribution < -0.4 is 5.32 Å². The summed E-state index contributed by atoms with van der Waals surface area (Å²) < 4.78 is 29.5. The summed E-state index contributed by atoms with van der Waals surface area (Å²) in [6.45, 7) is 0.495. The molecule has 1 amide bonds. The van der Waals surface area contributed by atoms with E-state index < -0.39 is 15.4 Å². The maximum atomic E-state index is 12.6. The van der Waals surface area contributed by atoms with Crippen LogP contribution in [0.1, 0.15) is 24.8 Å². The molecule has 0 aromatic heterocycles. The molecule has 2 saturated heterocycles. The van der Waals surface area contributed by atoms with Gasteiger partial charge in [-0.15, -0.1) is 0 Å². The molecule has 0 aliphatic carbocycles. The third kappa shape index (κ3) is 3.62. The Kier molecular flexibility index (Phi) is 4.49. The summed E-state index contributed by atoms with van der Waals surface area (Å²) in [6.07, 6.45) is 2.16. The largest absolute Gasteiger partial charge is 0.374 e. The molecule has 4 rings (SSSR count). The second-order valence-electron chi connectivity index (χ2n) is 7.45. The van der Waals surface area contributed by atoms with E-state index in [9.17, 15) is 13.2 Å². The first-order valence-corrected chi connectivity index (χ1v) is 10.9. The van der Waals surface area contributed by atoms with Crippen molar-refractivity contribution in [2.24, 2.45) is 0 Å². The Morgan fingerprint density at radius 3 is 2.81 bits per heavy atom. The minimum atomic E-state index is -3.02. The molecule has 138 valence electrons. The van der Waals surface area contributed by atoms with E-state index in [1.165, 1.54) is 0 Å². The lowest BCUT2D eigenvalue weighted by Gasteiger charge is -2.37. The van der Waals surface area contributed by atoms with Gasteiger partial charge in [-0.05, 0) is 35.6 Å². The average Bonchev–Trinajstić information content (AvgIpc) is 2.89. The molecule has 26 heavy (non-hydrogen) atoms. The Bertz CT molecular complexity index is 934. The SMILES string of the molecule is O=C(Cc1cccc2ccccc12)N[C@@H]1CCO[C@@]2(CCS(=O)(=O)C2)C1. The molecular weight excluding hydrogens is 350 g/mol. The number of benzene rings is 2. The zero-order chi connectivity index (χ0) is 18.2. The third-order valence-corrected chi connectivity index (χ3v) is 7.23. The number of nitrogens with one attached hydrogen (secondary N) is 1. The fourth-order valence-corrected chi connectivity index (χ4v) is 6.19. The molecule has 2 aliphatic rings. The highest BCUT2D eigenvalue weighted by Crippen LogP contribution is 2.35. The number of carbonyl (C=O) groups is 1. The van der Waals surface area contributed by atoms with Gasteiger partial charge in [-0.25, -0.2) is 8.42 Å². The fraction of sp³-hybridized carbons (Fsp3) is 0.450. The van der Waals surface area contributed by atoms with Gasteiger partial charge in [0.25, 0.3) is 0 Å². The minimum absolute atomic E-state index is 0.0238. The monoisotopic (exact) mass is 373 g/mol. The maximum Gasteiger partial charge on any atom is 0.224 e. The van der Waals surface area contributed by atoms with Crippen LogP contribution in [0.4, 0.5) is 0 Å². The van der Waals surface area contributed by atoms with Crippen LogP contribution in [0.15, 0.2) is 42.5 Å². The summed E-state index contributed by atoms with van der Waals surface area (Å²) in [5.41, 5.74) is 0.403. The second kappa shape index (κ2) is 6.67. The van der Waals surface area contributed by atoms with E-state index in [2.05, 4.69) is 5.32 Å². The van der Waals surface area contributed by atoms with Crippen LogP contribution in [-0.4, -0.2) is 44.1 Å². The standard InChI is InChI=1S/C20H23NO4S/c22-19(12-16-6-3-5-15-4-1-2-7-18(15)16)21-17-8-10-25-20(13-17)9-11-26(23,24)14-20/h1-7,17H,8-14H2,(H,21,22)/t17-,20+/m1/s1. The Hall–Kier alpha value is -1.92. The molecule has 2 aliphatic heterocycles. The molecule has 5 nitrogen and oxygen atoms in total. The molecule has 2 heterocycles. The van der Waals surface area contributed by atoms with Gasteiger partial charge in [0.05, 0.1) is 23.5 Å². The van der Waals surface area contributed by atoms with Gasteiger partial charge in [0.1, 0.15) is 0 Å². The lowest BCUT2D eigenvalue weighted by molar-refractivity contribution is -0.123. The van der Waals surface area contributed by atoms with E-state index >= 15 is 0 Å². The highest BCUT2D eigenvalue weighted by molar-refractivity contribution is 7.91. The number of amides is 1. The maximum absolute atomic E-state index is 12.6. The number of fused-ring (bicyclic) bond motifs is 1. The van der Waals surface area contributed by atoms with E-state index in [0.717, 1.165) is 22.8 Å². The quantitative estimate of drug-likeness (QED) is 0.896. The van der Waals surface area contributed by atoms with Gasteiger partial charge in [0.15, 0.2) is 9.84 Å². The first-order valence-electron chi connectivity index (χ1n) is 9.05. The van der Waals surface area contributed by atoms with Gasteiger partial charge >= 0.3 is 0 Å². The fourth-order valence-electron chi connectivity index (χ4n) is 4.21. The zero-order valence-electron chi connectivity index (χ0n) is 14.6. The minimum Gasteiger partial charge on any atom is -0.374 e. The molecule has 2 atom stereocenters. The summed E-state index contributed by atoms with van der Waals surface area (Å²) in [5, 5.41) is 5.31. The number of sulfone groups is 1. The van der Waals surface area contributed by atoms with Crippen LogP contribution in [-0.2, 0) is 25.8 Å². The van der Waals surface area contributed by atoms with Gasteiger partial charge in [0, 0.05) is 12.6 Å². The Morgan fingerprint density at radius 2 is 2.00 bits per heavy atom. The predicted molar refractivity (Wildman–Crippen MR) is 101 cm³/mol. The van der Waals surface area contributed by atoms with Gasteiger partial charge in [-0.2, -0.15) is 0 Å². The van der Waals surface area contributed by atoms with Crippen LogP contribution in [0, 0.1) is 0 Å². The van der Waals surface area contributed by atoms with E-state index in [1.807, 2.05) is 42.5 Å². The second-order valence-corrected chi connectivity index (χ2v) is 9.63. The van der Waals surface area contributed by atoms with E-state index in [1.54, 1.807) is 0 Å². The molecule has 1 N–H and O–H groups in total. The van der Waals surface area contributed by atoms with Crippen molar-refractivity contribution in [3.8, 4) is 0 Å². The average molecular weight is 373 g/mol. The van der Waals surface area contributed by atoms with Crippen LogP contribution in [0.25, 0.3) is 10.8 Å². The highest BCUT2D eigenvalue weighted by Gasteiger charge is 2.46. The number of hydrogen-bond donors (Lipinski definition) is 1. The Balaban J connectivity index is 1.43. The molecule has 0 radical (unpaired) electrons. The lowest BCUT2D eigenvalue weighted by Crippen LogP contribution is -2.49. The number of carbonyl (C=O) groups excluding carboxylic acids is 1. The molecule has 0 saturated carbocycles. The van der Waals surface area contributed by atoms with Crippen LogP contribution in [0.2, 0.25) is 0 Å². The first-order chi connectivity index (χ1) is 12.4. The molecule has 2 aromatic carbocycles. The van der Waals surface area contributed by atoms with Gasteiger partial charge in [0.2, 0.25) is 5.91 Å². The van der Waals surface area contributed by atoms with Crippen LogP contribution in [0.5, 0.6) is 0 Å². The smallest absolute Gasteiger partial charge is 0.224 e. The van der Waals surface area contributed by atoms with Crippen LogP contribution in [0.3, 0.4) is 0 Å². The molecule has 0 unspecified atom stereocenters. The van der Waals surface area contributed by atoms with Crippen molar-refractivity contribution in [2.75, 3.05) is 18.1 Å². The summed E-state index contributed by atoms with van der Waals surface area (Å²) in [6, 6.07) is 14.0. The molecule has 2 fully saturated rings. The summed E-state index contributed by atoms with van der Waals surface area (Å²) >= 11 is 0. The Labute approximate surface area is 153 Å². The highest BCUT2D eigenvalue weighted by atomic mass is 32.2. The van der Waals surface area contributed by atoms with Crippen molar-refractivity contribution in [3.63, 3.8) is 0 Å². The zero-order valence-corrected chi connectivity index (χ0v) is 15.4. The molecular formula is C20H23NO4S. The topological polar surface area (TPSA) is 72.5 Å². The van der Waals surface area contributed by atoms with Crippen molar-refractivity contribution >= 4 is 26.5 Å². The summed E-state index contributed by atoms with van der Waals surface area (Å²) in [7, 11) is -3.02. The van der Waals surface area contributed by atoms with E-state index in [4.69, 9.17) is 4.74 Å². The van der Waals surface area contributed by atoms with Crippen molar-refractivity contribution in [3.05, 3.63) is 48.0 Å². The predicted octanol–water partition coefficient (Wildman–Crippen LogP) is 2.23. The molecule has 6 heteroatoms. The number of hydrogen-bond acceptors (Lipinski definition) is 4. The van der Waals surface area contributed by atoms with Gasteiger partial charge in [-0.3, -0.25) is 4.79 Å². The molecule has 0 bridgehead atoms. The van der Waals surface area contributed by atoms with Gasteiger partial charge < -0.3 is 10.1 Å². The normalized spacial score (nSPS) is 27.6. The summed E-state index contributed by atoms with van der Waals surface area (Å²) in [4.78, 5) is 12.6. The van der Waals surface area contributed by atoms with Crippen molar-refractivity contribution in [2.45, 2.75) is 37.3 Å². The van der Waals surface area contributed by atoms with Crippen molar-refractivity contribution < 1.29 is 17.9 Å². The van der Waals surface area contributed by atoms with Crippen LogP contribution >= 0.6 is 0 Å². The summed E-state index contributed by atoms with van der Waals surface area (Å²) in [5.74, 6) is 0.239. The van der Waals surface area contributed by atoms with E-state index in [0.29, 0.717) is 25.9 Å². The number of ether oxygens (including phenoxy) is 1.